The van der Waals surface area contributed by atoms with Gasteiger partial charge >= 0.3 is 0 Å². The maximum absolute atomic E-state index is 13.2. The number of carbonyl (C=O) groups excluding carboxylic acids is 1. The van der Waals surface area contributed by atoms with E-state index in [9.17, 15) is 17.6 Å². The molecule has 0 aliphatic heterocycles. The van der Waals surface area contributed by atoms with Crippen molar-refractivity contribution in [3.8, 4) is 0 Å². The molecule has 0 unspecified atom stereocenters. The zero-order valence-electron chi connectivity index (χ0n) is 14.0. The van der Waals surface area contributed by atoms with Crippen molar-refractivity contribution in [2.75, 3.05) is 13.1 Å². The number of H-pyrrole nitrogens is 1. The lowest BCUT2D eigenvalue weighted by atomic mass is 10.2. The van der Waals surface area contributed by atoms with E-state index >= 15 is 0 Å². The molecule has 0 saturated carbocycles. The van der Waals surface area contributed by atoms with E-state index in [1.165, 1.54) is 24.3 Å². The largest absolute Gasteiger partial charge is 0.351 e. The number of benzene rings is 2. The van der Waals surface area contributed by atoms with Crippen molar-refractivity contribution in [3.63, 3.8) is 0 Å². The van der Waals surface area contributed by atoms with Crippen LogP contribution >= 0.6 is 0 Å². The average molecular weight is 375 g/mol. The lowest BCUT2D eigenvalue weighted by Gasteiger charge is -2.08. The summed E-state index contributed by atoms with van der Waals surface area (Å²) in [5.41, 5.74) is 1.90. The first-order chi connectivity index (χ1) is 12.3. The van der Waals surface area contributed by atoms with Crippen molar-refractivity contribution in [1.82, 2.24) is 15.0 Å². The molecular formula is C18H18FN3O3S. The number of halogens is 1. The molecule has 26 heavy (non-hydrogen) atoms. The van der Waals surface area contributed by atoms with Crippen LogP contribution in [0.4, 0.5) is 4.39 Å². The van der Waals surface area contributed by atoms with E-state index in [1.807, 2.05) is 6.92 Å². The van der Waals surface area contributed by atoms with Crippen molar-refractivity contribution in [2.45, 2.75) is 11.8 Å². The van der Waals surface area contributed by atoms with Gasteiger partial charge in [0.1, 0.15) is 11.5 Å². The van der Waals surface area contributed by atoms with E-state index in [1.54, 1.807) is 24.3 Å². The molecule has 0 radical (unpaired) electrons. The van der Waals surface area contributed by atoms with Gasteiger partial charge in [0.05, 0.1) is 4.90 Å². The minimum atomic E-state index is -3.62. The normalized spacial score (nSPS) is 11.6. The molecule has 6 nitrogen and oxygen atoms in total. The Hall–Kier alpha value is -2.71. The second-order valence-electron chi connectivity index (χ2n) is 5.88. The molecule has 0 saturated heterocycles. The maximum atomic E-state index is 13.2. The van der Waals surface area contributed by atoms with Crippen LogP contribution in [0.5, 0.6) is 0 Å². The van der Waals surface area contributed by atoms with Crippen LogP contribution in [0.15, 0.2) is 53.4 Å². The molecule has 0 aliphatic rings. The highest BCUT2D eigenvalue weighted by Gasteiger charge is 2.14. The molecule has 0 spiro atoms. The molecule has 3 aromatic rings. The van der Waals surface area contributed by atoms with Gasteiger partial charge in [-0.25, -0.2) is 17.5 Å². The molecule has 1 heterocycles. The summed E-state index contributed by atoms with van der Waals surface area (Å²) in [7, 11) is -3.62. The van der Waals surface area contributed by atoms with E-state index in [4.69, 9.17) is 0 Å². The summed E-state index contributed by atoms with van der Waals surface area (Å²) < 4.78 is 39.9. The zero-order valence-corrected chi connectivity index (χ0v) is 14.9. The van der Waals surface area contributed by atoms with Crippen LogP contribution in [0, 0.1) is 12.7 Å². The lowest BCUT2D eigenvalue weighted by Crippen LogP contribution is -2.34. The maximum Gasteiger partial charge on any atom is 0.267 e. The van der Waals surface area contributed by atoms with Crippen LogP contribution in [0.1, 0.15) is 16.1 Å². The number of aryl methyl sites for hydroxylation is 1. The Balaban J connectivity index is 1.55. The second kappa shape index (κ2) is 7.27. The van der Waals surface area contributed by atoms with Crippen LogP contribution < -0.4 is 10.0 Å². The third kappa shape index (κ3) is 4.09. The Morgan fingerprint density at radius 2 is 1.81 bits per heavy atom. The second-order valence-corrected chi connectivity index (χ2v) is 7.65. The molecule has 0 aliphatic carbocycles. The first-order valence-corrected chi connectivity index (χ1v) is 9.46. The van der Waals surface area contributed by atoms with Gasteiger partial charge in [0, 0.05) is 24.0 Å². The molecule has 1 aromatic heterocycles. The summed E-state index contributed by atoms with van der Waals surface area (Å²) in [6.07, 6.45) is 0. The number of carbonyl (C=O) groups is 1. The highest BCUT2D eigenvalue weighted by atomic mass is 32.2. The third-order valence-electron chi connectivity index (χ3n) is 3.86. The van der Waals surface area contributed by atoms with Crippen molar-refractivity contribution >= 4 is 26.8 Å². The summed E-state index contributed by atoms with van der Waals surface area (Å²) in [5.74, 6) is -0.773. The highest BCUT2D eigenvalue weighted by Crippen LogP contribution is 2.16. The number of fused-ring (bicyclic) bond motifs is 1. The van der Waals surface area contributed by atoms with E-state index in [0.717, 1.165) is 5.56 Å². The molecule has 1 amide bonds. The monoisotopic (exact) mass is 375 g/mol. The Labute approximate surface area is 150 Å². The van der Waals surface area contributed by atoms with Crippen LogP contribution in [0.2, 0.25) is 0 Å². The molecule has 0 fully saturated rings. The van der Waals surface area contributed by atoms with Crippen molar-refractivity contribution < 1.29 is 17.6 Å². The quantitative estimate of drug-likeness (QED) is 0.578. The predicted octanol–water partition coefficient (Wildman–Crippen LogP) is 2.32. The molecule has 8 heteroatoms. The van der Waals surface area contributed by atoms with Gasteiger partial charge in [-0.15, -0.1) is 0 Å². The molecule has 3 rings (SSSR count). The molecular weight excluding hydrogens is 357 g/mol. The summed E-state index contributed by atoms with van der Waals surface area (Å²) in [6.45, 7) is 2.04. The summed E-state index contributed by atoms with van der Waals surface area (Å²) in [4.78, 5) is 15.2. The molecule has 136 valence electrons. The Morgan fingerprint density at radius 1 is 1.08 bits per heavy atom. The summed E-state index contributed by atoms with van der Waals surface area (Å²) in [5, 5.41) is 3.21. The van der Waals surface area contributed by atoms with E-state index in [0.29, 0.717) is 10.9 Å². The Kier molecular flexibility index (Phi) is 5.06. The predicted molar refractivity (Wildman–Crippen MR) is 97.0 cm³/mol. The number of amides is 1. The third-order valence-corrected chi connectivity index (χ3v) is 5.34. The van der Waals surface area contributed by atoms with E-state index in [-0.39, 0.29) is 29.5 Å². The van der Waals surface area contributed by atoms with Crippen molar-refractivity contribution in [3.05, 3.63) is 65.6 Å². The molecule has 0 bridgehead atoms. The van der Waals surface area contributed by atoms with Crippen molar-refractivity contribution in [2.24, 2.45) is 0 Å². The fraction of sp³-hybridized carbons (Fsp3) is 0.167. The number of hydrogen-bond donors (Lipinski definition) is 3. The molecule has 3 N–H and O–H groups in total. The summed E-state index contributed by atoms with van der Waals surface area (Å²) in [6, 6.07) is 12.2. The van der Waals surface area contributed by atoms with Gasteiger partial charge in [0.15, 0.2) is 0 Å². The van der Waals surface area contributed by atoms with Gasteiger partial charge in [-0.1, -0.05) is 17.7 Å². The van der Waals surface area contributed by atoms with Crippen molar-refractivity contribution in [1.29, 1.82) is 0 Å². The van der Waals surface area contributed by atoms with Gasteiger partial charge in [-0.3, -0.25) is 4.79 Å². The number of aromatic amines is 1. The molecule has 0 atom stereocenters. The number of sulfonamides is 1. The molecule has 2 aromatic carbocycles. The van der Waals surface area contributed by atoms with Crippen LogP contribution in [-0.2, 0) is 10.0 Å². The summed E-state index contributed by atoms with van der Waals surface area (Å²) >= 11 is 0. The fourth-order valence-electron chi connectivity index (χ4n) is 2.48. The van der Waals surface area contributed by atoms with Gasteiger partial charge < -0.3 is 10.3 Å². The lowest BCUT2D eigenvalue weighted by molar-refractivity contribution is 0.0950. The zero-order chi connectivity index (χ0) is 18.7. The first kappa shape index (κ1) is 18.1. The SMILES string of the molecule is Cc1ccc(S(=O)(=O)NCCNC(=O)c2cc3cc(F)ccc3[nH]2)cc1. The Morgan fingerprint density at radius 3 is 2.54 bits per heavy atom. The topological polar surface area (TPSA) is 91.1 Å². The minimum absolute atomic E-state index is 0.0524. The first-order valence-electron chi connectivity index (χ1n) is 7.98. The number of rotatable bonds is 6. The minimum Gasteiger partial charge on any atom is -0.351 e. The smallest absolute Gasteiger partial charge is 0.267 e. The number of nitrogens with one attached hydrogen (secondary N) is 3. The number of hydrogen-bond acceptors (Lipinski definition) is 3. The average Bonchev–Trinajstić information content (AvgIpc) is 3.02. The van der Waals surface area contributed by atoms with Gasteiger partial charge in [0.2, 0.25) is 10.0 Å². The van der Waals surface area contributed by atoms with Gasteiger partial charge in [-0.05, 0) is 43.3 Å². The van der Waals surface area contributed by atoms with Crippen LogP contribution in [0.3, 0.4) is 0 Å². The van der Waals surface area contributed by atoms with Crippen LogP contribution in [-0.4, -0.2) is 32.4 Å². The van der Waals surface area contributed by atoms with Gasteiger partial charge in [-0.2, -0.15) is 0 Å². The van der Waals surface area contributed by atoms with E-state index < -0.39 is 15.9 Å². The number of aromatic nitrogens is 1. The standard InChI is InChI=1S/C18H18FN3O3S/c1-12-2-5-15(6-3-12)26(24,25)21-9-8-20-18(23)17-11-13-10-14(19)4-7-16(13)22-17/h2-7,10-11,21-22H,8-9H2,1H3,(H,20,23). The van der Waals surface area contributed by atoms with Crippen LogP contribution in [0.25, 0.3) is 10.9 Å². The fourth-order valence-corrected chi connectivity index (χ4v) is 3.52. The van der Waals surface area contributed by atoms with Gasteiger partial charge in [0.25, 0.3) is 5.91 Å². The van der Waals surface area contributed by atoms with E-state index in [2.05, 4.69) is 15.0 Å². The highest BCUT2D eigenvalue weighted by molar-refractivity contribution is 7.89. The Bertz CT molecular complexity index is 1040.